The minimum atomic E-state index is -0.814. The van der Waals surface area contributed by atoms with Gasteiger partial charge in [0, 0.05) is 17.0 Å². The molecular weight excluding hydrogens is 439 g/mol. The summed E-state index contributed by atoms with van der Waals surface area (Å²) in [5.74, 6) is -0.632. The number of aromatic nitrogens is 1. The van der Waals surface area contributed by atoms with E-state index >= 15 is 0 Å². The molecule has 1 atom stereocenters. The second-order valence-electron chi connectivity index (χ2n) is 7.67. The Labute approximate surface area is 189 Å². The summed E-state index contributed by atoms with van der Waals surface area (Å²) in [6.07, 6.45) is 3.96. The van der Waals surface area contributed by atoms with Crippen LogP contribution in [0.5, 0.6) is 0 Å². The normalized spacial score (nSPS) is 14.5. The maximum Gasteiger partial charge on any atom is 0.308 e. The van der Waals surface area contributed by atoms with Crippen LogP contribution in [0.3, 0.4) is 0 Å². The highest BCUT2D eigenvalue weighted by Crippen LogP contribution is 2.40. The number of nitrogens with zero attached hydrogens (tertiary/aromatic N) is 1. The van der Waals surface area contributed by atoms with E-state index in [0.29, 0.717) is 28.9 Å². The number of thiazole rings is 1. The Morgan fingerprint density at radius 1 is 1.17 bits per heavy atom. The van der Waals surface area contributed by atoms with Gasteiger partial charge in [-0.3, -0.25) is 4.79 Å². The maximum atomic E-state index is 11.8. The molecule has 3 aromatic rings. The van der Waals surface area contributed by atoms with Crippen LogP contribution in [0.2, 0.25) is 10.0 Å². The van der Waals surface area contributed by atoms with Crippen LogP contribution < -0.4 is 5.32 Å². The predicted molar refractivity (Wildman–Crippen MR) is 124 cm³/mol. The fraction of sp³-hybridized carbons (Fsp3) is 0.304. The minimum Gasteiger partial charge on any atom is -0.481 e. The summed E-state index contributed by atoms with van der Waals surface area (Å²) in [5, 5.41) is 14.7. The van der Waals surface area contributed by atoms with Crippen LogP contribution in [-0.2, 0) is 17.6 Å². The first-order valence-electron chi connectivity index (χ1n) is 9.95. The van der Waals surface area contributed by atoms with Gasteiger partial charge in [-0.25, -0.2) is 4.98 Å². The molecule has 4 nitrogen and oxygen atoms in total. The monoisotopic (exact) mass is 460 g/mol. The molecule has 0 bridgehead atoms. The number of benzene rings is 2. The third-order valence-electron chi connectivity index (χ3n) is 5.24. The zero-order chi connectivity index (χ0) is 21.1. The average molecular weight is 461 g/mol. The number of hydrogen-bond donors (Lipinski definition) is 2. The number of hydrogen-bond acceptors (Lipinski definition) is 4. The average Bonchev–Trinajstić information content (AvgIpc) is 3.46. The molecule has 1 aliphatic carbocycles. The fourth-order valence-electron chi connectivity index (χ4n) is 3.37. The van der Waals surface area contributed by atoms with Crippen molar-refractivity contribution in [1.29, 1.82) is 0 Å². The summed E-state index contributed by atoms with van der Waals surface area (Å²) < 4.78 is 0. The molecule has 1 aliphatic rings. The van der Waals surface area contributed by atoms with Crippen LogP contribution in [0.4, 0.5) is 5.13 Å². The van der Waals surface area contributed by atoms with Crippen molar-refractivity contribution in [1.82, 2.24) is 4.98 Å². The molecule has 0 spiro atoms. The van der Waals surface area contributed by atoms with Crippen molar-refractivity contribution in [3.63, 3.8) is 0 Å². The quantitative estimate of drug-likeness (QED) is 0.386. The SMILES string of the molecule is O=C(O)C(CNc1nc(-c2ccc(Cl)c(Cl)c2)c(CC2CC2)s1)Cc1ccccc1. The molecule has 1 unspecified atom stereocenters. The highest BCUT2D eigenvalue weighted by molar-refractivity contribution is 7.16. The van der Waals surface area contributed by atoms with Crippen molar-refractivity contribution >= 4 is 45.6 Å². The lowest BCUT2D eigenvalue weighted by Gasteiger charge is -2.13. The van der Waals surface area contributed by atoms with E-state index in [1.807, 2.05) is 42.5 Å². The summed E-state index contributed by atoms with van der Waals surface area (Å²) in [6.45, 7) is 0.321. The molecule has 1 fully saturated rings. The van der Waals surface area contributed by atoms with Gasteiger partial charge in [0.15, 0.2) is 5.13 Å². The van der Waals surface area contributed by atoms with Gasteiger partial charge in [0.25, 0.3) is 0 Å². The molecule has 30 heavy (non-hydrogen) atoms. The van der Waals surface area contributed by atoms with Crippen molar-refractivity contribution < 1.29 is 9.90 Å². The minimum absolute atomic E-state index is 0.321. The van der Waals surface area contributed by atoms with Crippen molar-refractivity contribution in [2.75, 3.05) is 11.9 Å². The zero-order valence-electron chi connectivity index (χ0n) is 16.3. The summed E-state index contributed by atoms with van der Waals surface area (Å²) in [7, 11) is 0. The predicted octanol–water partition coefficient (Wildman–Crippen LogP) is 6.42. The number of aliphatic carboxylic acids is 1. The summed E-state index contributed by atoms with van der Waals surface area (Å²) in [4.78, 5) is 17.7. The van der Waals surface area contributed by atoms with Gasteiger partial charge >= 0.3 is 5.97 Å². The Balaban J connectivity index is 1.52. The number of carboxylic acid groups (broad SMARTS) is 1. The molecule has 0 radical (unpaired) electrons. The van der Waals surface area contributed by atoms with E-state index in [0.717, 1.165) is 28.4 Å². The van der Waals surface area contributed by atoms with Gasteiger partial charge in [-0.1, -0.05) is 59.6 Å². The third kappa shape index (κ3) is 5.34. The second-order valence-corrected chi connectivity index (χ2v) is 9.57. The molecule has 0 aliphatic heterocycles. The van der Waals surface area contributed by atoms with Gasteiger partial charge in [0.1, 0.15) is 0 Å². The largest absolute Gasteiger partial charge is 0.481 e. The molecule has 0 amide bonds. The number of carboxylic acids is 1. The molecule has 2 N–H and O–H groups in total. The first-order chi connectivity index (χ1) is 14.5. The van der Waals surface area contributed by atoms with Gasteiger partial charge in [0.05, 0.1) is 21.7 Å². The molecule has 1 aromatic heterocycles. The first kappa shape index (κ1) is 21.2. The van der Waals surface area contributed by atoms with Crippen LogP contribution in [-0.4, -0.2) is 22.6 Å². The lowest BCUT2D eigenvalue weighted by atomic mass is 9.99. The molecular formula is C23H22Cl2N2O2S. The smallest absolute Gasteiger partial charge is 0.308 e. The van der Waals surface area contributed by atoms with E-state index < -0.39 is 11.9 Å². The van der Waals surface area contributed by atoms with Crippen molar-refractivity contribution in [3.05, 3.63) is 69.0 Å². The number of carbonyl (C=O) groups is 1. The van der Waals surface area contributed by atoms with Gasteiger partial charge in [-0.2, -0.15) is 0 Å². The van der Waals surface area contributed by atoms with E-state index in [-0.39, 0.29) is 0 Å². The van der Waals surface area contributed by atoms with Crippen LogP contribution in [0.1, 0.15) is 23.3 Å². The van der Waals surface area contributed by atoms with Crippen LogP contribution >= 0.6 is 34.5 Å². The van der Waals surface area contributed by atoms with E-state index in [2.05, 4.69) is 5.32 Å². The van der Waals surface area contributed by atoms with Crippen LogP contribution in [0.25, 0.3) is 11.3 Å². The molecule has 4 rings (SSSR count). The van der Waals surface area contributed by atoms with Gasteiger partial charge in [0.2, 0.25) is 0 Å². The molecule has 1 heterocycles. The lowest BCUT2D eigenvalue weighted by Crippen LogP contribution is -2.25. The summed E-state index contributed by atoms with van der Waals surface area (Å²) >= 11 is 13.9. The molecule has 2 aromatic carbocycles. The Kier molecular flexibility index (Phi) is 6.61. The number of nitrogens with one attached hydrogen (secondary N) is 1. The molecule has 1 saturated carbocycles. The molecule has 7 heteroatoms. The Hall–Kier alpha value is -2.08. The van der Waals surface area contributed by atoms with Crippen LogP contribution in [0.15, 0.2) is 48.5 Å². The third-order valence-corrected chi connectivity index (χ3v) is 7.01. The highest BCUT2D eigenvalue weighted by Gasteiger charge is 2.26. The molecule has 0 saturated heterocycles. The van der Waals surface area contributed by atoms with Crippen molar-refractivity contribution in [2.24, 2.45) is 11.8 Å². The first-order valence-corrected chi connectivity index (χ1v) is 11.5. The van der Waals surface area contributed by atoms with E-state index in [1.54, 1.807) is 17.4 Å². The summed E-state index contributed by atoms with van der Waals surface area (Å²) in [5.41, 5.74) is 2.85. The van der Waals surface area contributed by atoms with E-state index in [4.69, 9.17) is 28.2 Å². The Bertz CT molecular complexity index is 1030. The van der Waals surface area contributed by atoms with E-state index in [9.17, 15) is 9.90 Å². The van der Waals surface area contributed by atoms with Crippen molar-refractivity contribution in [2.45, 2.75) is 25.7 Å². The number of rotatable bonds is 9. The fourth-order valence-corrected chi connectivity index (χ4v) is 4.78. The molecule has 156 valence electrons. The number of anilines is 1. The Morgan fingerprint density at radius 2 is 1.93 bits per heavy atom. The second kappa shape index (κ2) is 9.38. The zero-order valence-corrected chi connectivity index (χ0v) is 18.6. The Morgan fingerprint density at radius 3 is 2.60 bits per heavy atom. The van der Waals surface area contributed by atoms with Gasteiger partial charge in [-0.15, -0.1) is 11.3 Å². The van der Waals surface area contributed by atoms with Gasteiger partial charge < -0.3 is 10.4 Å². The summed E-state index contributed by atoms with van der Waals surface area (Å²) in [6, 6.07) is 15.2. The lowest BCUT2D eigenvalue weighted by molar-refractivity contribution is -0.141. The van der Waals surface area contributed by atoms with Crippen molar-refractivity contribution in [3.8, 4) is 11.3 Å². The highest BCUT2D eigenvalue weighted by atomic mass is 35.5. The standard InChI is InChI=1S/C23H22Cl2N2O2S/c24-18-9-8-16(12-19(18)25)21-20(11-15-6-7-15)30-23(27-21)26-13-17(22(28)29)10-14-4-2-1-3-5-14/h1-5,8-9,12,15,17H,6-7,10-11,13H2,(H,26,27)(H,28,29). The van der Waals surface area contributed by atoms with Gasteiger partial charge in [-0.05, 0) is 49.3 Å². The van der Waals surface area contributed by atoms with Crippen LogP contribution in [0, 0.1) is 11.8 Å². The number of halogens is 2. The topological polar surface area (TPSA) is 62.2 Å². The maximum absolute atomic E-state index is 11.8. The van der Waals surface area contributed by atoms with E-state index in [1.165, 1.54) is 17.7 Å².